The Kier molecular flexibility index (Phi) is 7.99. The maximum absolute atomic E-state index is 5.85. The second-order valence-electron chi connectivity index (χ2n) is 5.16. The molecule has 0 aliphatic rings. The van der Waals surface area contributed by atoms with Gasteiger partial charge in [0.1, 0.15) is 5.75 Å². The third-order valence-electron chi connectivity index (χ3n) is 2.84. The van der Waals surface area contributed by atoms with Crippen molar-refractivity contribution in [2.75, 3.05) is 25.2 Å². The Balaban J connectivity index is 2.68. The fourth-order valence-electron chi connectivity index (χ4n) is 1.86. The first-order valence-corrected chi connectivity index (χ1v) is 8.31. The second kappa shape index (κ2) is 9.27. The van der Waals surface area contributed by atoms with Crippen LogP contribution in [0.1, 0.15) is 38.8 Å². The highest BCUT2D eigenvalue weighted by Crippen LogP contribution is 2.28. The lowest BCUT2D eigenvalue weighted by atomic mass is 10.1. The van der Waals surface area contributed by atoms with Crippen LogP contribution in [0.15, 0.2) is 24.3 Å². The fraction of sp³-hybridized carbons (Fsp3) is 0.625. The lowest BCUT2D eigenvalue weighted by Gasteiger charge is -2.20. The van der Waals surface area contributed by atoms with Crippen molar-refractivity contribution < 1.29 is 4.74 Å². The van der Waals surface area contributed by atoms with Crippen LogP contribution in [0.2, 0.25) is 0 Å². The standard InChI is InChI=1S/C16H27NOS/c1-5-10-18-16-9-7-6-8-14(16)15(17-4)12-19-11-13(2)3/h6-9,13,15,17H,5,10-12H2,1-4H3. The van der Waals surface area contributed by atoms with Crippen LogP contribution in [-0.2, 0) is 0 Å². The van der Waals surface area contributed by atoms with Gasteiger partial charge in [-0.1, -0.05) is 39.0 Å². The van der Waals surface area contributed by atoms with E-state index in [1.807, 2.05) is 24.9 Å². The summed E-state index contributed by atoms with van der Waals surface area (Å²) in [6, 6.07) is 8.73. The van der Waals surface area contributed by atoms with Gasteiger partial charge in [0, 0.05) is 17.4 Å². The third kappa shape index (κ3) is 5.87. The molecule has 0 amide bonds. The highest BCUT2D eigenvalue weighted by Gasteiger charge is 2.14. The first-order chi connectivity index (χ1) is 9.19. The molecule has 0 saturated heterocycles. The Bertz CT molecular complexity index is 354. The molecule has 0 aliphatic carbocycles. The zero-order valence-electron chi connectivity index (χ0n) is 12.6. The summed E-state index contributed by atoms with van der Waals surface area (Å²) in [7, 11) is 2.03. The minimum Gasteiger partial charge on any atom is -0.493 e. The molecular formula is C16H27NOS. The van der Waals surface area contributed by atoms with E-state index >= 15 is 0 Å². The van der Waals surface area contributed by atoms with Crippen molar-refractivity contribution in [3.63, 3.8) is 0 Å². The Morgan fingerprint density at radius 1 is 1.21 bits per heavy atom. The van der Waals surface area contributed by atoms with E-state index in [4.69, 9.17) is 4.74 Å². The van der Waals surface area contributed by atoms with Crippen molar-refractivity contribution in [2.45, 2.75) is 33.2 Å². The molecule has 0 radical (unpaired) electrons. The van der Waals surface area contributed by atoms with E-state index in [9.17, 15) is 0 Å². The van der Waals surface area contributed by atoms with Gasteiger partial charge in [-0.25, -0.2) is 0 Å². The van der Waals surface area contributed by atoms with E-state index in [2.05, 4.69) is 44.3 Å². The lowest BCUT2D eigenvalue weighted by molar-refractivity contribution is 0.311. The molecule has 0 aromatic heterocycles. The van der Waals surface area contributed by atoms with Gasteiger partial charge in [0.05, 0.1) is 6.61 Å². The molecule has 0 bridgehead atoms. The molecule has 19 heavy (non-hydrogen) atoms. The number of para-hydroxylation sites is 1. The molecule has 1 atom stereocenters. The molecule has 1 aromatic rings. The molecule has 1 N–H and O–H groups in total. The molecular weight excluding hydrogens is 254 g/mol. The summed E-state index contributed by atoms with van der Waals surface area (Å²) in [5.74, 6) is 4.06. The zero-order valence-corrected chi connectivity index (χ0v) is 13.4. The van der Waals surface area contributed by atoms with Gasteiger partial charge in [-0.15, -0.1) is 0 Å². The number of benzene rings is 1. The molecule has 3 heteroatoms. The zero-order chi connectivity index (χ0) is 14.1. The van der Waals surface area contributed by atoms with Gasteiger partial charge < -0.3 is 10.1 Å². The average Bonchev–Trinajstić information content (AvgIpc) is 2.41. The minimum absolute atomic E-state index is 0.358. The molecule has 1 aromatic carbocycles. The topological polar surface area (TPSA) is 21.3 Å². The van der Waals surface area contributed by atoms with E-state index in [1.54, 1.807) is 0 Å². The lowest BCUT2D eigenvalue weighted by Crippen LogP contribution is -2.20. The van der Waals surface area contributed by atoms with Crippen LogP contribution in [-0.4, -0.2) is 25.2 Å². The van der Waals surface area contributed by atoms with Crippen molar-refractivity contribution in [3.05, 3.63) is 29.8 Å². The van der Waals surface area contributed by atoms with Gasteiger partial charge >= 0.3 is 0 Å². The normalized spacial score (nSPS) is 12.7. The predicted molar refractivity (Wildman–Crippen MR) is 86.2 cm³/mol. The first-order valence-electron chi connectivity index (χ1n) is 7.15. The number of hydrogen-bond donors (Lipinski definition) is 1. The summed E-state index contributed by atoms with van der Waals surface area (Å²) in [5.41, 5.74) is 1.27. The van der Waals surface area contributed by atoms with Crippen LogP contribution in [0.3, 0.4) is 0 Å². The number of thioether (sulfide) groups is 1. The van der Waals surface area contributed by atoms with Crippen molar-refractivity contribution >= 4 is 11.8 Å². The SMILES string of the molecule is CCCOc1ccccc1C(CSCC(C)C)NC. The highest BCUT2D eigenvalue weighted by atomic mass is 32.2. The van der Waals surface area contributed by atoms with E-state index in [1.165, 1.54) is 11.3 Å². The van der Waals surface area contributed by atoms with Crippen LogP contribution in [0.4, 0.5) is 0 Å². The van der Waals surface area contributed by atoms with Crippen molar-refractivity contribution in [1.29, 1.82) is 0 Å². The number of ether oxygens (including phenoxy) is 1. The van der Waals surface area contributed by atoms with Gasteiger partial charge in [0.15, 0.2) is 0 Å². The Morgan fingerprint density at radius 3 is 2.58 bits per heavy atom. The molecule has 0 heterocycles. The van der Waals surface area contributed by atoms with Crippen molar-refractivity contribution in [3.8, 4) is 5.75 Å². The molecule has 108 valence electrons. The van der Waals surface area contributed by atoms with Crippen LogP contribution >= 0.6 is 11.8 Å². The maximum Gasteiger partial charge on any atom is 0.124 e. The molecule has 1 rings (SSSR count). The van der Waals surface area contributed by atoms with Crippen molar-refractivity contribution in [2.24, 2.45) is 5.92 Å². The van der Waals surface area contributed by atoms with Crippen LogP contribution < -0.4 is 10.1 Å². The summed E-state index contributed by atoms with van der Waals surface area (Å²) in [6.07, 6.45) is 1.04. The summed E-state index contributed by atoms with van der Waals surface area (Å²) in [4.78, 5) is 0. The fourth-order valence-corrected chi connectivity index (χ4v) is 3.05. The smallest absolute Gasteiger partial charge is 0.124 e. The van der Waals surface area contributed by atoms with Gasteiger partial charge in [0.2, 0.25) is 0 Å². The summed E-state index contributed by atoms with van der Waals surface area (Å²) in [6.45, 7) is 7.45. The Hall–Kier alpha value is -0.670. The maximum atomic E-state index is 5.85. The highest BCUT2D eigenvalue weighted by molar-refractivity contribution is 7.99. The third-order valence-corrected chi connectivity index (χ3v) is 4.31. The Labute approximate surface area is 122 Å². The summed E-state index contributed by atoms with van der Waals surface area (Å²) in [5, 5.41) is 3.41. The van der Waals surface area contributed by atoms with Gasteiger partial charge in [-0.3, -0.25) is 0 Å². The van der Waals surface area contributed by atoms with Crippen LogP contribution in [0.5, 0.6) is 5.75 Å². The molecule has 0 aliphatic heterocycles. The summed E-state index contributed by atoms with van der Waals surface area (Å²) < 4.78 is 5.85. The quantitative estimate of drug-likeness (QED) is 0.735. The van der Waals surface area contributed by atoms with E-state index in [0.717, 1.165) is 30.4 Å². The average molecular weight is 281 g/mol. The Morgan fingerprint density at radius 2 is 1.95 bits per heavy atom. The van der Waals surface area contributed by atoms with Crippen molar-refractivity contribution in [1.82, 2.24) is 5.32 Å². The molecule has 0 saturated carbocycles. The predicted octanol–water partition coefficient (Wildman–Crippen LogP) is 4.13. The van der Waals surface area contributed by atoms with Gasteiger partial charge in [-0.2, -0.15) is 11.8 Å². The molecule has 1 unspecified atom stereocenters. The second-order valence-corrected chi connectivity index (χ2v) is 6.23. The van der Waals surface area contributed by atoms with Gasteiger partial charge in [0.25, 0.3) is 0 Å². The van der Waals surface area contributed by atoms with Crippen LogP contribution in [0.25, 0.3) is 0 Å². The minimum atomic E-state index is 0.358. The van der Waals surface area contributed by atoms with Gasteiger partial charge in [-0.05, 0) is 31.2 Å². The molecule has 0 spiro atoms. The number of hydrogen-bond acceptors (Lipinski definition) is 3. The molecule has 0 fully saturated rings. The number of rotatable bonds is 9. The van der Waals surface area contributed by atoms with E-state index in [0.29, 0.717) is 6.04 Å². The monoisotopic (exact) mass is 281 g/mol. The van der Waals surface area contributed by atoms with Crippen LogP contribution in [0, 0.1) is 5.92 Å². The molecule has 2 nitrogen and oxygen atoms in total. The largest absolute Gasteiger partial charge is 0.493 e. The van der Waals surface area contributed by atoms with E-state index in [-0.39, 0.29) is 0 Å². The number of nitrogens with one attached hydrogen (secondary N) is 1. The first kappa shape index (κ1) is 16.4. The summed E-state index contributed by atoms with van der Waals surface area (Å²) >= 11 is 2.00. The van der Waals surface area contributed by atoms with E-state index < -0.39 is 0 Å².